The van der Waals surface area contributed by atoms with Crippen LogP contribution in [-0.4, -0.2) is 36.4 Å². The second kappa shape index (κ2) is 13.3. The Hall–Kier alpha value is -3.58. The smallest absolute Gasteiger partial charge is 0.325 e. The molecule has 3 aromatic carbocycles. The molecule has 6 nitrogen and oxygen atoms in total. The molecule has 182 valence electrons. The van der Waals surface area contributed by atoms with Crippen LogP contribution in [0.4, 0.5) is 5.69 Å². The Balaban J connectivity index is 1.86. The molecule has 0 aliphatic heterocycles. The van der Waals surface area contributed by atoms with E-state index in [1.54, 1.807) is 24.3 Å². The van der Waals surface area contributed by atoms with Crippen LogP contribution in [0.3, 0.4) is 0 Å². The number of anilines is 1. The third kappa shape index (κ3) is 8.30. The van der Waals surface area contributed by atoms with Gasteiger partial charge in [0.05, 0.1) is 7.11 Å². The number of benzene rings is 3. The number of methoxy groups -OCH3 is 1. The molecule has 0 fully saturated rings. The van der Waals surface area contributed by atoms with Crippen molar-refractivity contribution in [3.8, 4) is 11.5 Å². The lowest BCUT2D eigenvalue weighted by Crippen LogP contribution is -2.41. The quantitative estimate of drug-likeness (QED) is 0.329. The average molecular weight is 492 g/mol. The SMILES string of the molecule is COC(=O)CN(C(=O)C(CCc1ccccc1)CSC(C)=O)c1cccc(Oc2ccccc2)c1. The van der Waals surface area contributed by atoms with Crippen LogP contribution in [0.5, 0.6) is 11.5 Å². The predicted molar refractivity (Wildman–Crippen MR) is 139 cm³/mol. The summed E-state index contributed by atoms with van der Waals surface area (Å²) in [5.41, 5.74) is 1.63. The lowest BCUT2D eigenvalue weighted by Gasteiger charge is -2.27. The highest BCUT2D eigenvalue weighted by Crippen LogP contribution is 2.28. The maximum absolute atomic E-state index is 13.8. The summed E-state index contributed by atoms with van der Waals surface area (Å²) in [4.78, 5) is 39.1. The van der Waals surface area contributed by atoms with E-state index in [4.69, 9.17) is 9.47 Å². The zero-order chi connectivity index (χ0) is 25.0. The predicted octanol–water partition coefficient (Wildman–Crippen LogP) is 5.51. The van der Waals surface area contributed by atoms with Crippen LogP contribution in [0, 0.1) is 5.92 Å². The topological polar surface area (TPSA) is 72.9 Å². The lowest BCUT2D eigenvalue weighted by atomic mass is 9.99. The number of esters is 1. The Bertz CT molecular complexity index is 1120. The first-order valence-corrected chi connectivity index (χ1v) is 12.3. The van der Waals surface area contributed by atoms with E-state index in [1.165, 1.54) is 18.9 Å². The van der Waals surface area contributed by atoms with E-state index in [0.717, 1.165) is 17.3 Å². The molecule has 0 bridgehead atoms. The number of para-hydroxylation sites is 1. The summed E-state index contributed by atoms with van der Waals surface area (Å²) in [5, 5.41) is -0.0553. The highest BCUT2D eigenvalue weighted by Gasteiger charge is 2.28. The standard InChI is InChI=1S/C28H29NO5S/c1-21(30)35-20-23(17-16-22-10-5-3-6-11-22)28(32)29(19-27(31)33-2)24-12-9-15-26(18-24)34-25-13-7-4-8-14-25/h3-15,18,23H,16-17,19-20H2,1-2H3. The van der Waals surface area contributed by atoms with Gasteiger partial charge >= 0.3 is 5.97 Å². The zero-order valence-electron chi connectivity index (χ0n) is 19.9. The van der Waals surface area contributed by atoms with Crippen LogP contribution in [0.2, 0.25) is 0 Å². The first-order valence-electron chi connectivity index (χ1n) is 11.3. The Labute approximate surface area is 210 Å². The van der Waals surface area contributed by atoms with Gasteiger partial charge in [0.25, 0.3) is 0 Å². The molecule has 0 aromatic heterocycles. The number of nitrogens with zero attached hydrogens (tertiary/aromatic N) is 1. The minimum Gasteiger partial charge on any atom is -0.468 e. The van der Waals surface area contributed by atoms with Crippen molar-refractivity contribution in [2.45, 2.75) is 19.8 Å². The second-order valence-electron chi connectivity index (χ2n) is 7.94. The number of aryl methyl sites for hydroxylation is 1. The molecule has 0 heterocycles. The van der Waals surface area contributed by atoms with Crippen molar-refractivity contribution < 1.29 is 23.9 Å². The first-order chi connectivity index (χ1) is 17.0. The van der Waals surface area contributed by atoms with Gasteiger partial charge < -0.3 is 14.4 Å². The fraction of sp³-hybridized carbons (Fsp3) is 0.250. The molecule has 3 rings (SSSR count). The van der Waals surface area contributed by atoms with Gasteiger partial charge in [0.15, 0.2) is 5.12 Å². The van der Waals surface area contributed by atoms with Crippen LogP contribution in [0.25, 0.3) is 0 Å². The van der Waals surface area contributed by atoms with E-state index in [0.29, 0.717) is 35.8 Å². The first kappa shape index (κ1) is 26.0. The van der Waals surface area contributed by atoms with Crippen LogP contribution in [0.1, 0.15) is 18.9 Å². The summed E-state index contributed by atoms with van der Waals surface area (Å²) in [7, 11) is 1.29. The number of carbonyl (C=O) groups is 3. The van der Waals surface area contributed by atoms with E-state index in [-0.39, 0.29) is 17.6 Å². The minimum absolute atomic E-state index is 0.0553. The zero-order valence-corrected chi connectivity index (χ0v) is 20.7. The number of ether oxygens (including phenoxy) is 2. The summed E-state index contributed by atoms with van der Waals surface area (Å²) in [6.07, 6.45) is 1.22. The molecular weight excluding hydrogens is 462 g/mol. The maximum atomic E-state index is 13.8. The largest absolute Gasteiger partial charge is 0.468 e. The van der Waals surface area contributed by atoms with Gasteiger partial charge in [-0.15, -0.1) is 0 Å². The van der Waals surface area contributed by atoms with Gasteiger partial charge in [0.1, 0.15) is 18.0 Å². The summed E-state index contributed by atoms with van der Waals surface area (Å²) in [6.45, 7) is 1.25. The fourth-order valence-corrected chi connectivity index (χ4v) is 4.28. The number of hydrogen-bond donors (Lipinski definition) is 0. The monoisotopic (exact) mass is 491 g/mol. The molecule has 1 unspecified atom stereocenters. The van der Waals surface area contributed by atoms with E-state index < -0.39 is 11.9 Å². The molecule has 0 saturated heterocycles. The van der Waals surface area contributed by atoms with Crippen molar-refractivity contribution in [3.63, 3.8) is 0 Å². The average Bonchev–Trinajstić information content (AvgIpc) is 2.88. The molecule has 7 heteroatoms. The third-order valence-electron chi connectivity index (χ3n) is 5.35. The van der Waals surface area contributed by atoms with Gasteiger partial charge in [0.2, 0.25) is 5.91 Å². The second-order valence-corrected chi connectivity index (χ2v) is 9.13. The molecule has 0 aliphatic carbocycles. The van der Waals surface area contributed by atoms with E-state index >= 15 is 0 Å². The molecular formula is C28H29NO5S. The normalized spacial score (nSPS) is 11.4. The van der Waals surface area contributed by atoms with Crippen molar-refractivity contribution in [1.29, 1.82) is 0 Å². The molecule has 0 aliphatic rings. The van der Waals surface area contributed by atoms with Gasteiger partial charge in [-0.3, -0.25) is 14.4 Å². The van der Waals surface area contributed by atoms with Gasteiger partial charge in [-0.2, -0.15) is 0 Å². The molecule has 1 atom stereocenters. The maximum Gasteiger partial charge on any atom is 0.325 e. The molecule has 35 heavy (non-hydrogen) atoms. The van der Waals surface area contributed by atoms with Gasteiger partial charge in [0, 0.05) is 30.3 Å². The van der Waals surface area contributed by atoms with Gasteiger partial charge in [-0.1, -0.05) is 66.4 Å². The van der Waals surface area contributed by atoms with Crippen LogP contribution >= 0.6 is 11.8 Å². The molecule has 0 radical (unpaired) electrons. The highest BCUT2D eigenvalue weighted by molar-refractivity contribution is 8.13. The summed E-state index contributed by atoms with van der Waals surface area (Å²) in [6, 6.07) is 26.2. The molecule has 3 aromatic rings. The Kier molecular flexibility index (Phi) is 9.93. The highest BCUT2D eigenvalue weighted by atomic mass is 32.2. The number of amides is 1. The van der Waals surface area contributed by atoms with E-state index in [9.17, 15) is 14.4 Å². The summed E-state index contributed by atoms with van der Waals surface area (Å²) >= 11 is 1.12. The van der Waals surface area contributed by atoms with E-state index in [1.807, 2.05) is 60.7 Å². The lowest BCUT2D eigenvalue weighted by molar-refractivity contribution is -0.140. The summed E-state index contributed by atoms with van der Waals surface area (Å²) < 4.78 is 10.8. The molecule has 0 N–H and O–H groups in total. The number of hydrogen-bond acceptors (Lipinski definition) is 6. The Morgan fingerprint density at radius 1 is 0.886 bits per heavy atom. The van der Waals surface area contributed by atoms with Gasteiger partial charge in [-0.25, -0.2) is 0 Å². The molecule has 0 spiro atoms. The van der Waals surface area contributed by atoms with Crippen LogP contribution < -0.4 is 9.64 Å². The van der Waals surface area contributed by atoms with Gasteiger partial charge in [-0.05, 0) is 42.7 Å². The molecule has 1 amide bonds. The van der Waals surface area contributed by atoms with Crippen molar-refractivity contribution in [2.24, 2.45) is 5.92 Å². The minimum atomic E-state index is -0.534. The van der Waals surface area contributed by atoms with Crippen molar-refractivity contribution in [3.05, 3.63) is 90.5 Å². The third-order valence-corrected chi connectivity index (χ3v) is 6.33. The number of carbonyl (C=O) groups excluding carboxylic acids is 3. The Morgan fingerprint density at radius 3 is 2.20 bits per heavy atom. The fourth-order valence-electron chi connectivity index (χ4n) is 3.53. The Morgan fingerprint density at radius 2 is 1.54 bits per heavy atom. The van der Waals surface area contributed by atoms with Crippen molar-refractivity contribution in [1.82, 2.24) is 0 Å². The number of thioether (sulfide) groups is 1. The molecule has 0 saturated carbocycles. The van der Waals surface area contributed by atoms with Crippen LogP contribution in [0.15, 0.2) is 84.9 Å². The van der Waals surface area contributed by atoms with Crippen molar-refractivity contribution in [2.75, 3.05) is 24.3 Å². The van der Waals surface area contributed by atoms with E-state index in [2.05, 4.69) is 0 Å². The van der Waals surface area contributed by atoms with Crippen molar-refractivity contribution >= 4 is 34.4 Å². The van der Waals surface area contributed by atoms with Crippen LogP contribution in [-0.2, 0) is 25.5 Å². The number of rotatable bonds is 11. The summed E-state index contributed by atoms with van der Waals surface area (Å²) in [5.74, 6) is 0.293.